The van der Waals surface area contributed by atoms with Crippen molar-refractivity contribution in [3.63, 3.8) is 0 Å². The molecule has 0 bridgehead atoms. The van der Waals surface area contributed by atoms with E-state index in [1.54, 1.807) is 0 Å². The SMILES string of the molecule is CC(CCc1ccccc1)NCc1ccsc1C(=O)O. The summed E-state index contributed by atoms with van der Waals surface area (Å²) in [4.78, 5) is 11.5. The highest BCUT2D eigenvalue weighted by molar-refractivity contribution is 7.12. The lowest BCUT2D eigenvalue weighted by atomic mass is 10.1. The van der Waals surface area contributed by atoms with Gasteiger partial charge in [-0.15, -0.1) is 11.3 Å². The molecule has 0 amide bonds. The first kappa shape index (κ1) is 14.8. The van der Waals surface area contributed by atoms with Crippen molar-refractivity contribution in [2.24, 2.45) is 0 Å². The fraction of sp³-hybridized carbons (Fsp3) is 0.312. The number of thiophene rings is 1. The fourth-order valence-electron chi connectivity index (χ4n) is 2.08. The number of nitrogens with one attached hydrogen (secondary N) is 1. The molecule has 2 N–H and O–H groups in total. The number of benzene rings is 1. The van der Waals surface area contributed by atoms with Crippen LogP contribution in [0.5, 0.6) is 0 Å². The maximum Gasteiger partial charge on any atom is 0.346 e. The van der Waals surface area contributed by atoms with Crippen molar-refractivity contribution in [3.8, 4) is 0 Å². The Hall–Kier alpha value is -1.65. The molecule has 2 aromatic rings. The van der Waals surface area contributed by atoms with Gasteiger partial charge < -0.3 is 10.4 Å². The van der Waals surface area contributed by atoms with Crippen LogP contribution < -0.4 is 5.32 Å². The van der Waals surface area contributed by atoms with Crippen LogP contribution in [0.1, 0.15) is 34.1 Å². The van der Waals surface area contributed by atoms with Gasteiger partial charge in [-0.05, 0) is 42.3 Å². The molecule has 20 heavy (non-hydrogen) atoms. The van der Waals surface area contributed by atoms with E-state index in [0.29, 0.717) is 17.5 Å². The van der Waals surface area contributed by atoms with Crippen LogP contribution >= 0.6 is 11.3 Å². The third-order valence-corrected chi connectivity index (χ3v) is 4.24. The van der Waals surface area contributed by atoms with Gasteiger partial charge in [0.05, 0.1) is 0 Å². The minimum atomic E-state index is -0.839. The number of hydrogen-bond acceptors (Lipinski definition) is 3. The normalized spacial score (nSPS) is 12.2. The van der Waals surface area contributed by atoms with Crippen LogP contribution in [0.3, 0.4) is 0 Å². The van der Waals surface area contributed by atoms with Gasteiger partial charge >= 0.3 is 5.97 Å². The Balaban J connectivity index is 1.79. The minimum Gasteiger partial charge on any atom is -0.477 e. The number of carbonyl (C=O) groups is 1. The smallest absolute Gasteiger partial charge is 0.346 e. The molecule has 1 unspecified atom stereocenters. The molecule has 4 heteroatoms. The van der Waals surface area contributed by atoms with Crippen LogP contribution in [0, 0.1) is 0 Å². The van der Waals surface area contributed by atoms with E-state index in [1.807, 2.05) is 17.5 Å². The number of hydrogen-bond donors (Lipinski definition) is 2. The standard InChI is InChI=1S/C16H19NO2S/c1-12(7-8-13-5-3-2-4-6-13)17-11-14-9-10-20-15(14)16(18)19/h2-6,9-10,12,17H,7-8,11H2,1H3,(H,18,19). The van der Waals surface area contributed by atoms with Gasteiger partial charge in [-0.3, -0.25) is 0 Å². The zero-order valence-electron chi connectivity index (χ0n) is 11.5. The first-order valence-electron chi connectivity index (χ1n) is 6.74. The zero-order valence-corrected chi connectivity index (χ0v) is 12.3. The second-order valence-electron chi connectivity index (χ2n) is 4.89. The van der Waals surface area contributed by atoms with Gasteiger partial charge in [-0.1, -0.05) is 30.3 Å². The number of carboxylic acid groups (broad SMARTS) is 1. The van der Waals surface area contributed by atoms with Gasteiger partial charge in [0.2, 0.25) is 0 Å². The molecule has 0 aliphatic heterocycles. The topological polar surface area (TPSA) is 49.3 Å². The number of aromatic carboxylic acids is 1. The predicted molar refractivity (Wildman–Crippen MR) is 82.3 cm³/mol. The second-order valence-corrected chi connectivity index (χ2v) is 5.80. The van der Waals surface area contributed by atoms with Crippen molar-refractivity contribution in [2.45, 2.75) is 32.4 Å². The Labute approximate surface area is 123 Å². The van der Waals surface area contributed by atoms with E-state index in [9.17, 15) is 4.79 Å². The lowest BCUT2D eigenvalue weighted by Crippen LogP contribution is -2.26. The molecule has 0 aliphatic carbocycles. The summed E-state index contributed by atoms with van der Waals surface area (Å²) in [5.74, 6) is -0.839. The van der Waals surface area contributed by atoms with Gasteiger partial charge in [0.15, 0.2) is 0 Å². The van der Waals surface area contributed by atoms with E-state index in [2.05, 4.69) is 36.5 Å². The van der Waals surface area contributed by atoms with E-state index < -0.39 is 5.97 Å². The van der Waals surface area contributed by atoms with Crippen LogP contribution in [0.25, 0.3) is 0 Å². The van der Waals surface area contributed by atoms with Gasteiger partial charge in [-0.25, -0.2) is 4.79 Å². The van der Waals surface area contributed by atoms with E-state index in [0.717, 1.165) is 18.4 Å². The van der Waals surface area contributed by atoms with Crippen LogP contribution in [-0.2, 0) is 13.0 Å². The van der Waals surface area contributed by atoms with Crippen LogP contribution in [0.2, 0.25) is 0 Å². The van der Waals surface area contributed by atoms with E-state index in [4.69, 9.17) is 5.11 Å². The molecular formula is C16H19NO2S. The zero-order chi connectivity index (χ0) is 14.4. The molecule has 0 spiro atoms. The summed E-state index contributed by atoms with van der Waals surface area (Å²) < 4.78 is 0. The van der Waals surface area contributed by atoms with Crippen molar-refractivity contribution in [2.75, 3.05) is 0 Å². The third kappa shape index (κ3) is 4.18. The lowest BCUT2D eigenvalue weighted by Gasteiger charge is -2.13. The summed E-state index contributed by atoms with van der Waals surface area (Å²) in [5, 5.41) is 14.3. The average molecular weight is 289 g/mol. The number of aryl methyl sites for hydroxylation is 1. The minimum absolute atomic E-state index is 0.358. The Morgan fingerprint density at radius 2 is 2.05 bits per heavy atom. The average Bonchev–Trinajstić information content (AvgIpc) is 2.92. The van der Waals surface area contributed by atoms with Crippen molar-refractivity contribution < 1.29 is 9.90 Å². The highest BCUT2D eigenvalue weighted by Gasteiger charge is 2.12. The molecule has 2 rings (SSSR count). The van der Waals surface area contributed by atoms with Crippen molar-refractivity contribution in [3.05, 3.63) is 57.8 Å². The molecular weight excluding hydrogens is 270 g/mol. The lowest BCUT2D eigenvalue weighted by molar-refractivity contribution is 0.0701. The van der Waals surface area contributed by atoms with Gasteiger partial charge in [0, 0.05) is 12.6 Å². The first-order chi connectivity index (χ1) is 9.66. The Bertz CT molecular complexity index is 551. The van der Waals surface area contributed by atoms with Crippen LogP contribution in [0.15, 0.2) is 41.8 Å². The van der Waals surface area contributed by atoms with Crippen molar-refractivity contribution in [1.29, 1.82) is 0 Å². The molecule has 0 saturated heterocycles. The van der Waals surface area contributed by atoms with Gasteiger partial charge in [-0.2, -0.15) is 0 Å². The second kappa shape index (κ2) is 7.22. The largest absolute Gasteiger partial charge is 0.477 e. The summed E-state index contributed by atoms with van der Waals surface area (Å²) in [6, 6.07) is 12.6. The van der Waals surface area contributed by atoms with E-state index >= 15 is 0 Å². The first-order valence-corrected chi connectivity index (χ1v) is 7.61. The molecule has 0 aliphatic rings. The van der Waals surface area contributed by atoms with E-state index in [1.165, 1.54) is 16.9 Å². The molecule has 1 aromatic heterocycles. The summed E-state index contributed by atoms with van der Waals surface area (Å²) >= 11 is 1.28. The quantitative estimate of drug-likeness (QED) is 0.819. The Morgan fingerprint density at radius 1 is 1.30 bits per heavy atom. The predicted octanol–water partition coefficient (Wildman–Crippen LogP) is 3.56. The fourth-order valence-corrected chi connectivity index (χ4v) is 2.84. The van der Waals surface area contributed by atoms with Crippen molar-refractivity contribution in [1.82, 2.24) is 5.32 Å². The highest BCUT2D eigenvalue weighted by Crippen LogP contribution is 2.16. The molecule has 1 heterocycles. The molecule has 1 aromatic carbocycles. The van der Waals surface area contributed by atoms with Crippen LogP contribution in [-0.4, -0.2) is 17.1 Å². The Kier molecular flexibility index (Phi) is 5.32. The Morgan fingerprint density at radius 3 is 2.75 bits per heavy atom. The maximum absolute atomic E-state index is 11.0. The monoisotopic (exact) mass is 289 g/mol. The molecule has 0 radical (unpaired) electrons. The van der Waals surface area contributed by atoms with Crippen molar-refractivity contribution >= 4 is 17.3 Å². The highest BCUT2D eigenvalue weighted by atomic mass is 32.1. The molecule has 106 valence electrons. The maximum atomic E-state index is 11.0. The molecule has 1 atom stereocenters. The summed E-state index contributed by atoms with van der Waals surface area (Å²) in [7, 11) is 0. The van der Waals surface area contributed by atoms with Gasteiger partial charge in [0.25, 0.3) is 0 Å². The molecule has 0 saturated carbocycles. The van der Waals surface area contributed by atoms with Gasteiger partial charge in [0.1, 0.15) is 4.88 Å². The summed E-state index contributed by atoms with van der Waals surface area (Å²) in [6.07, 6.45) is 2.07. The summed E-state index contributed by atoms with van der Waals surface area (Å²) in [6.45, 7) is 2.75. The number of carboxylic acids is 1. The molecule has 0 fully saturated rings. The van der Waals surface area contributed by atoms with Crippen LogP contribution in [0.4, 0.5) is 0 Å². The summed E-state index contributed by atoms with van der Waals surface area (Å²) in [5.41, 5.74) is 2.21. The van der Waals surface area contributed by atoms with E-state index in [-0.39, 0.29) is 0 Å². The third-order valence-electron chi connectivity index (χ3n) is 3.29. The number of rotatable bonds is 7. The molecule has 3 nitrogen and oxygen atoms in total.